The van der Waals surface area contributed by atoms with Crippen LogP contribution in [0.4, 0.5) is 4.39 Å². The van der Waals surface area contributed by atoms with Gasteiger partial charge in [-0.05, 0) is 70.6 Å². The number of aromatic nitrogens is 2. The number of piperazine rings is 1. The lowest BCUT2D eigenvalue weighted by atomic mass is 9.94. The van der Waals surface area contributed by atoms with E-state index < -0.39 is 16.2 Å². The number of para-hydroxylation sites is 1. The monoisotopic (exact) mass is 584 g/mol. The molecule has 0 radical (unpaired) electrons. The largest absolute Gasteiger partial charge is 0.308 e. The number of rotatable bonds is 12. The summed E-state index contributed by atoms with van der Waals surface area (Å²) in [7, 11) is 0.555. The Labute approximate surface area is 244 Å². The molecule has 2 aliphatic rings. The number of nitrogens with zero attached hydrogens (tertiary/aromatic N) is 6. The molecule has 2 fully saturated rings. The molecule has 1 aliphatic carbocycles. The van der Waals surface area contributed by atoms with Crippen LogP contribution < -0.4 is 0 Å². The Morgan fingerprint density at radius 1 is 0.927 bits per heavy atom. The summed E-state index contributed by atoms with van der Waals surface area (Å²) < 4.78 is 45.1. The van der Waals surface area contributed by atoms with Crippen LogP contribution in [0.2, 0.25) is 0 Å². The Kier molecular flexibility index (Phi) is 10.1. The number of likely N-dealkylation sites (N-methyl/N-ethyl adjacent to an activating group) is 1. The van der Waals surface area contributed by atoms with Crippen LogP contribution in [-0.4, -0.2) is 95.8 Å². The molecule has 2 aromatic heterocycles. The third-order valence-electron chi connectivity index (χ3n) is 8.86. The SMILES string of the molecule is CN1CCN(S(=O)(=O)n2cc(CN(CCCCN(C)C3CCCCC3)Cc3cccnc3F)c3ccccc32)CC1. The molecule has 0 amide bonds. The minimum absolute atomic E-state index is 0.419. The third kappa shape index (κ3) is 7.35. The predicted octanol–water partition coefficient (Wildman–Crippen LogP) is 4.56. The van der Waals surface area contributed by atoms with Gasteiger partial charge in [-0.1, -0.05) is 43.5 Å². The summed E-state index contributed by atoms with van der Waals surface area (Å²) in [6, 6.07) is 11.9. The number of hydrogen-bond donors (Lipinski definition) is 0. The molecule has 0 unspecified atom stereocenters. The second-order valence-electron chi connectivity index (χ2n) is 11.8. The van der Waals surface area contributed by atoms with Crippen molar-refractivity contribution in [1.82, 2.24) is 28.0 Å². The number of unbranched alkanes of at least 4 members (excludes halogenated alkanes) is 1. The number of fused-ring (bicyclic) bond motifs is 1. The molecule has 1 saturated carbocycles. The smallest absolute Gasteiger partial charge is 0.304 e. The van der Waals surface area contributed by atoms with Crippen molar-refractivity contribution in [3.05, 3.63) is 65.9 Å². The first-order valence-electron chi connectivity index (χ1n) is 15.1. The predicted molar refractivity (Wildman–Crippen MR) is 162 cm³/mol. The highest BCUT2D eigenvalue weighted by Crippen LogP contribution is 2.27. The van der Waals surface area contributed by atoms with Crippen molar-refractivity contribution >= 4 is 21.1 Å². The van der Waals surface area contributed by atoms with Gasteiger partial charge in [0, 0.05) is 68.7 Å². The highest BCUT2D eigenvalue weighted by Gasteiger charge is 2.29. The van der Waals surface area contributed by atoms with Gasteiger partial charge in [0.1, 0.15) is 0 Å². The fraction of sp³-hybridized carbons (Fsp3) is 0.581. The molecule has 1 aromatic carbocycles. The van der Waals surface area contributed by atoms with Crippen LogP contribution in [0, 0.1) is 5.95 Å². The van der Waals surface area contributed by atoms with Crippen molar-refractivity contribution in [2.75, 3.05) is 53.4 Å². The van der Waals surface area contributed by atoms with Gasteiger partial charge in [-0.2, -0.15) is 17.1 Å². The summed E-state index contributed by atoms with van der Waals surface area (Å²) in [6.07, 6.45) is 11.9. The second kappa shape index (κ2) is 13.7. The molecule has 3 heterocycles. The van der Waals surface area contributed by atoms with Crippen molar-refractivity contribution in [3.63, 3.8) is 0 Å². The van der Waals surface area contributed by atoms with Gasteiger partial charge in [0.25, 0.3) is 0 Å². The highest BCUT2D eigenvalue weighted by molar-refractivity contribution is 7.87. The van der Waals surface area contributed by atoms with E-state index in [-0.39, 0.29) is 0 Å². The molecule has 1 aliphatic heterocycles. The van der Waals surface area contributed by atoms with E-state index in [9.17, 15) is 12.8 Å². The van der Waals surface area contributed by atoms with Gasteiger partial charge >= 0.3 is 10.2 Å². The highest BCUT2D eigenvalue weighted by atomic mass is 32.2. The van der Waals surface area contributed by atoms with Gasteiger partial charge in [-0.3, -0.25) is 4.90 Å². The molecule has 0 bridgehead atoms. The second-order valence-corrected chi connectivity index (χ2v) is 13.6. The van der Waals surface area contributed by atoms with Gasteiger partial charge < -0.3 is 9.80 Å². The quantitative estimate of drug-likeness (QED) is 0.230. The zero-order valence-electron chi connectivity index (χ0n) is 24.6. The molecule has 0 spiro atoms. The van der Waals surface area contributed by atoms with Crippen LogP contribution in [0.15, 0.2) is 48.8 Å². The van der Waals surface area contributed by atoms with Crippen LogP contribution in [0.25, 0.3) is 10.9 Å². The minimum Gasteiger partial charge on any atom is -0.304 e. The normalized spacial score (nSPS) is 18.2. The van der Waals surface area contributed by atoms with E-state index in [1.807, 2.05) is 31.3 Å². The number of hydrogen-bond acceptors (Lipinski definition) is 6. The Bertz CT molecular complexity index is 1380. The van der Waals surface area contributed by atoms with Gasteiger partial charge in [0.05, 0.1) is 5.52 Å². The van der Waals surface area contributed by atoms with Gasteiger partial charge in [-0.15, -0.1) is 0 Å². The average Bonchev–Trinajstić information content (AvgIpc) is 3.36. The molecule has 224 valence electrons. The molecular formula is C31H45FN6O2S. The first-order chi connectivity index (χ1) is 19.8. The van der Waals surface area contributed by atoms with Crippen LogP contribution in [-0.2, 0) is 23.3 Å². The first kappa shape index (κ1) is 30.1. The number of benzene rings is 1. The summed E-state index contributed by atoms with van der Waals surface area (Å²) in [5.41, 5.74) is 2.17. The minimum atomic E-state index is -3.70. The fourth-order valence-electron chi connectivity index (χ4n) is 6.31. The summed E-state index contributed by atoms with van der Waals surface area (Å²) in [5.74, 6) is -0.449. The molecule has 3 aromatic rings. The average molecular weight is 585 g/mol. The van der Waals surface area contributed by atoms with E-state index in [0.717, 1.165) is 36.9 Å². The van der Waals surface area contributed by atoms with Crippen molar-refractivity contribution in [1.29, 1.82) is 0 Å². The summed E-state index contributed by atoms with van der Waals surface area (Å²) in [6.45, 7) is 5.17. The third-order valence-corrected chi connectivity index (χ3v) is 10.7. The van der Waals surface area contributed by atoms with E-state index in [4.69, 9.17) is 0 Å². The molecule has 1 saturated heterocycles. The lowest BCUT2D eigenvalue weighted by Gasteiger charge is -2.31. The van der Waals surface area contributed by atoms with Gasteiger partial charge in [0.2, 0.25) is 5.95 Å². The molecule has 8 nitrogen and oxygen atoms in total. The van der Waals surface area contributed by atoms with Crippen LogP contribution in [0.3, 0.4) is 0 Å². The maximum atomic E-state index is 14.6. The summed E-state index contributed by atoms with van der Waals surface area (Å²) in [4.78, 5) is 10.8. The van der Waals surface area contributed by atoms with Crippen molar-refractivity contribution in [2.24, 2.45) is 0 Å². The molecule has 10 heteroatoms. The molecule has 5 rings (SSSR count). The number of pyridine rings is 1. The number of halogens is 1. The molecule has 41 heavy (non-hydrogen) atoms. The van der Waals surface area contributed by atoms with Gasteiger partial charge in [-0.25, -0.2) is 8.96 Å². The maximum Gasteiger partial charge on any atom is 0.308 e. The van der Waals surface area contributed by atoms with E-state index in [1.54, 1.807) is 22.6 Å². The zero-order valence-corrected chi connectivity index (χ0v) is 25.4. The van der Waals surface area contributed by atoms with Crippen LogP contribution in [0.5, 0.6) is 0 Å². The molecule has 0 N–H and O–H groups in total. The van der Waals surface area contributed by atoms with Crippen LogP contribution >= 0.6 is 0 Å². The Morgan fingerprint density at radius 3 is 2.39 bits per heavy atom. The fourth-order valence-corrected chi connectivity index (χ4v) is 7.85. The Morgan fingerprint density at radius 2 is 1.63 bits per heavy atom. The maximum absolute atomic E-state index is 14.6. The summed E-state index contributed by atoms with van der Waals surface area (Å²) in [5, 5.41) is 0.916. The van der Waals surface area contributed by atoms with Gasteiger partial charge in [0.15, 0.2) is 0 Å². The summed E-state index contributed by atoms with van der Waals surface area (Å²) >= 11 is 0. The van der Waals surface area contributed by atoms with E-state index in [1.165, 1.54) is 42.3 Å². The molecular weight excluding hydrogens is 539 g/mol. The van der Waals surface area contributed by atoms with E-state index >= 15 is 0 Å². The first-order valence-corrected chi connectivity index (χ1v) is 16.5. The van der Waals surface area contributed by atoms with Crippen LogP contribution in [0.1, 0.15) is 56.1 Å². The van der Waals surface area contributed by atoms with Crippen molar-refractivity contribution < 1.29 is 12.8 Å². The van der Waals surface area contributed by atoms with E-state index in [2.05, 4.69) is 26.7 Å². The Balaban J connectivity index is 1.34. The Hall–Kier alpha value is -2.37. The standard InChI is InChI=1S/C31H45FN6O2S/c1-34-19-21-37(22-20-34)41(39,40)38-25-27(29-14-6-7-15-30(29)38)24-36(23-26-11-10-16-33-31(26)32)18-9-8-17-35(2)28-12-4-3-5-13-28/h6-7,10-11,14-16,25,28H,3-5,8-9,12-13,17-24H2,1-2H3. The van der Waals surface area contributed by atoms with Crippen molar-refractivity contribution in [3.8, 4) is 0 Å². The molecule has 0 atom stereocenters. The lowest BCUT2D eigenvalue weighted by Crippen LogP contribution is -2.48. The van der Waals surface area contributed by atoms with Crippen molar-refractivity contribution in [2.45, 2.75) is 64.1 Å². The lowest BCUT2D eigenvalue weighted by molar-refractivity contribution is 0.182. The zero-order chi connectivity index (χ0) is 28.8. The van der Waals surface area contributed by atoms with E-state index in [0.29, 0.717) is 56.4 Å². The topological polar surface area (TPSA) is 64.9 Å².